The van der Waals surface area contributed by atoms with Crippen molar-refractivity contribution in [3.8, 4) is 28.7 Å². The summed E-state index contributed by atoms with van der Waals surface area (Å²) in [6.07, 6.45) is 2.22. The van der Waals surface area contributed by atoms with Crippen LogP contribution in [0.3, 0.4) is 0 Å². The molecule has 2 aliphatic heterocycles. The molecule has 0 aromatic heterocycles. The van der Waals surface area contributed by atoms with Crippen molar-refractivity contribution < 1.29 is 38.4 Å². The molecule has 1 amide bonds. The van der Waals surface area contributed by atoms with Crippen LogP contribution >= 0.6 is 0 Å². The molecule has 3 N–H and O–H groups in total. The minimum atomic E-state index is -0.936. The van der Waals surface area contributed by atoms with Crippen molar-refractivity contribution in [2.24, 2.45) is 11.7 Å². The summed E-state index contributed by atoms with van der Waals surface area (Å²) in [4.78, 5) is 30.1. The Morgan fingerprint density at radius 3 is 2.54 bits per heavy atom. The zero-order valence-corrected chi connectivity index (χ0v) is 24.0. The predicted octanol–water partition coefficient (Wildman–Crippen LogP) is 2.96. The molecule has 0 saturated carbocycles. The molecular formula is C30H41N3O8. The van der Waals surface area contributed by atoms with E-state index in [1.807, 2.05) is 35.2 Å². The Bertz CT molecular complexity index is 1190. The topological polar surface area (TPSA) is 133 Å². The molecule has 11 nitrogen and oxygen atoms in total. The van der Waals surface area contributed by atoms with Crippen LogP contribution in [-0.4, -0.2) is 93.2 Å². The summed E-state index contributed by atoms with van der Waals surface area (Å²) >= 11 is 0. The van der Waals surface area contributed by atoms with Gasteiger partial charge in [-0.15, -0.1) is 0 Å². The maximum Gasteiger partial charge on any atom is 0.308 e. The number of nitrogens with two attached hydrogens (primary N) is 1. The molecule has 224 valence electrons. The zero-order valence-electron chi connectivity index (χ0n) is 24.0. The zero-order chi connectivity index (χ0) is 29.4. The van der Waals surface area contributed by atoms with Gasteiger partial charge in [-0.05, 0) is 42.7 Å². The van der Waals surface area contributed by atoms with Gasteiger partial charge in [0.1, 0.15) is 0 Å². The molecule has 0 bridgehead atoms. The lowest BCUT2D eigenvalue weighted by Gasteiger charge is -2.29. The van der Waals surface area contributed by atoms with E-state index in [1.54, 1.807) is 18.1 Å². The van der Waals surface area contributed by atoms with Crippen LogP contribution in [0, 0.1) is 5.92 Å². The Morgan fingerprint density at radius 2 is 1.85 bits per heavy atom. The Labute approximate surface area is 241 Å². The van der Waals surface area contributed by atoms with Crippen LogP contribution in [0.2, 0.25) is 0 Å². The minimum Gasteiger partial charge on any atom is -0.493 e. The van der Waals surface area contributed by atoms with Gasteiger partial charge in [0.25, 0.3) is 0 Å². The Hall–Kier alpha value is -3.70. The number of nitrogens with zero attached hydrogens (tertiary/aromatic N) is 2. The summed E-state index contributed by atoms with van der Waals surface area (Å²) in [5.74, 6) is 0.463. The Morgan fingerprint density at radius 1 is 1.10 bits per heavy atom. The maximum atomic E-state index is 13.5. The summed E-state index contributed by atoms with van der Waals surface area (Å²) in [5.41, 5.74) is 6.56. The smallest absolute Gasteiger partial charge is 0.308 e. The standard InChI is InChI=1S/C30H41N3O8/c1-4-5-12-32(13-11-31)27(34)18-33-17-21(20-15-25(38-3)29-26(16-20)40-19-41-29)28(30(35)36)22(33)10-14-39-24-9-7-6-8-23(24)37-2/h6-9,15-16,21-22,28H,4-5,10-14,17-19,31H2,1-3H3,(H,35,36)/t21-,22+,28?/m1/s1. The van der Waals surface area contributed by atoms with E-state index in [4.69, 9.17) is 29.4 Å². The van der Waals surface area contributed by atoms with Crippen molar-refractivity contribution >= 4 is 11.9 Å². The van der Waals surface area contributed by atoms with Crippen molar-refractivity contribution in [2.45, 2.75) is 38.1 Å². The molecule has 0 radical (unpaired) electrons. The van der Waals surface area contributed by atoms with E-state index in [2.05, 4.69) is 6.92 Å². The van der Waals surface area contributed by atoms with Gasteiger partial charge in [-0.1, -0.05) is 25.5 Å². The predicted molar refractivity (Wildman–Crippen MR) is 152 cm³/mol. The van der Waals surface area contributed by atoms with E-state index >= 15 is 0 Å². The van der Waals surface area contributed by atoms with Crippen molar-refractivity contribution in [1.29, 1.82) is 0 Å². The summed E-state index contributed by atoms with van der Waals surface area (Å²) in [6, 6.07) is 10.5. The molecule has 2 aliphatic rings. The fourth-order valence-corrected chi connectivity index (χ4v) is 5.72. The van der Waals surface area contributed by atoms with Crippen molar-refractivity contribution in [3.63, 3.8) is 0 Å². The second-order valence-corrected chi connectivity index (χ2v) is 10.2. The first kappa shape index (κ1) is 30.3. The number of hydrogen-bond donors (Lipinski definition) is 2. The molecule has 3 atom stereocenters. The van der Waals surface area contributed by atoms with Gasteiger partial charge in [-0.25, -0.2) is 0 Å². The van der Waals surface area contributed by atoms with Gasteiger partial charge in [0.05, 0.1) is 33.3 Å². The molecule has 0 spiro atoms. The van der Waals surface area contributed by atoms with Gasteiger partial charge in [0, 0.05) is 38.1 Å². The van der Waals surface area contributed by atoms with Crippen molar-refractivity contribution in [1.82, 2.24) is 9.80 Å². The van der Waals surface area contributed by atoms with Crippen molar-refractivity contribution in [2.75, 3.05) is 60.3 Å². The fraction of sp³-hybridized carbons (Fsp3) is 0.533. The number of likely N-dealkylation sites (tertiary alicyclic amines) is 1. The van der Waals surface area contributed by atoms with Crippen LogP contribution < -0.4 is 29.4 Å². The molecule has 1 fully saturated rings. The van der Waals surface area contributed by atoms with E-state index < -0.39 is 23.8 Å². The highest BCUT2D eigenvalue weighted by Gasteiger charge is 2.47. The number of carbonyl (C=O) groups excluding carboxylic acids is 1. The van der Waals surface area contributed by atoms with Crippen LogP contribution in [0.5, 0.6) is 28.7 Å². The summed E-state index contributed by atoms with van der Waals surface area (Å²) < 4.78 is 28.1. The lowest BCUT2D eigenvalue weighted by molar-refractivity contribution is -0.144. The average molecular weight is 572 g/mol. The summed E-state index contributed by atoms with van der Waals surface area (Å²) in [5, 5.41) is 10.5. The maximum absolute atomic E-state index is 13.5. The van der Waals surface area contributed by atoms with E-state index in [1.165, 1.54) is 7.11 Å². The third-order valence-electron chi connectivity index (χ3n) is 7.75. The Balaban J connectivity index is 1.62. The summed E-state index contributed by atoms with van der Waals surface area (Å²) in [6.45, 7) is 4.29. The lowest BCUT2D eigenvalue weighted by atomic mass is 9.84. The molecule has 2 aromatic rings. The van der Waals surface area contributed by atoms with E-state index in [-0.39, 0.29) is 25.9 Å². The number of carboxylic acid groups (broad SMARTS) is 1. The quantitative estimate of drug-likeness (QED) is 0.329. The monoisotopic (exact) mass is 571 g/mol. The molecule has 2 heterocycles. The Kier molecular flexibility index (Phi) is 10.5. The third kappa shape index (κ3) is 6.97. The van der Waals surface area contributed by atoms with E-state index in [9.17, 15) is 14.7 Å². The molecule has 2 aromatic carbocycles. The normalized spacial score (nSPS) is 19.7. The van der Waals surface area contributed by atoms with Crippen LogP contribution in [0.4, 0.5) is 0 Å². The molecule has 11 heteroatoms. The second kappa shape index (κ2) is 14.3. The van der Waals surface area contributed by atoms with Crippen molar-refractivity contribution in [3.05, 3.63) is 42.0 Å². The van der Waals surface area contributed by atoms with Gasteiger partial charge >= 0.3 is 5.97 Å². The first-order valence-electron chi connectivity index (χ1n) is 14.1. The van der Waals surface area contributed by atoms with Gasteiger partial charge in [0.15, 0.2) is 23.0 Å². The number of para-hydroxylation sites is 2. The number of fused-ring (bicyclic) bond motifs is 1. The number of unbranched alkanes of at least 4 members (excludes halogenated alkanes) is 1. The SMILES string of the molecule is CCCCN(CCN)C(=O)CN1C[C@H](c2cc(OC)c3c(c2)OCO3)C(C(=O)O)[C@@H]1CCOc1ccccc1OC. The number of aliphatic carboxylic acids is 1. The van der Waals surface area contributed by atoms with E-state index in [0.717, 1.165) is 18.4 Å². The number of carboxylic acids is 1. The van der Waals surface area contributed by atoms with Gasteiger partial charge in [-0.3, -0.25) is 14.5 Å². The molecular weight excluding hydrogens is 530 g/mol. The highest BCUT2D eigenvalue weighted by molar-refractivity contribution is 5.79. The molecule has 1 saturated heterocycles. The molecule has 4 rings (SSSR count). The van der Waals surface area contributed by atoms with Crippen LogP contribution in [-0.2, 0) is 9.59 Å². The van der Waals surface area contributed by atoms with Crippen LogP contribution in [0.25, 0.3) is 0 Å². The number of rotatable bonds is 15. The first-order chi connectivity index (χ1) is 19.9. The lowest BCUT2D eigenvalue weighted by Crippen LogP contribution is -2.46. The van der Waals surface area contributed by atoms with Gasteiger partial charge < -0.3 is 39.4 Å². The second-order valence-electron chi connectivity index (χ2n) is 10.2. The number of ether oxygens (including phenoxy) is 5. The number of methoxy groups -OCH3 is 2. The van der Waals surface area contributed by atoms with Gasteiger partial charge in [0.2, 0.25) is 18.4 Å². The summed E-state index contributed by atoms with van der Waals surface area (Å²) in [7, 11) is 3.11. The molecule has 41 heavy (non-hydrogen) atoms. The number of amides is 1. The first-order valence-corrected chi connectivity index (χ1v) is 14.1. The van der Waals surface area contributed by atoms with E-state index in [0.29, 0.717) is 61.3 Å². The molecule has 0 aliphatic carbocycles. The third-order valence-corrected chi connectivity index (χ3v) is 7.75. The number of carbonyl (C=O) groups is 2. The minimum absolute atomic E-state index is 0.0624. The number of hydrogen-bond acceptors (Lipinski definition) is 9. The average Bonchev–Trinajstić information content (AvgIpc) is 3.60. The highest BCUT2D eigenvalue weighted by Crippen LogP contribution is 2.47. The van der Waals surface area contributed by atoms with Crippen LogP contribution in [0.15, 0.2) is 36.4 Å². The van der Waals surface area contributed by atoms with Gasteiger partial charge in [-0.2, -0.15) is 0 Å². The highest BCUT2D eigenvalue weighted by atomic mass is 16.7. The molecule has 1 unspecified atom stereocenters. The fourth-order valence-electron chi connectivity index (χ4n) is 5.72. The largest absolute Gasteiger partial charge is 0.493 e. The van der Waals surface area contributed by atoms with Crippen LogP contribution in [0.1, 0.15) is 37.7 Å². The number of benzene rings is 2.